The highest BCUT2D eigenvalue weighted by Crippen LogP contribution is 2.29. The van der Waals surface area contributed by atoms with Gasteiger partial charge >= 0.3 is 0 Å². The second kappa shape index (κ2) is 8.06. The van der Waals surface area contributed by atoms with Crippen LogP contribution in [0.15, 0.2) is 41.4 Å². The maximum absolute atomic E-state index is 12.8. The monoisotopic (exact) mass is 360 g/mol. The summed E-state index contributed by atoms with van der Waals surface area (Å²) >= 11 is 1.25. The Morgan fingerprint density at radius 2 is 1.88 bits per heavy atom. The first-order valence-corrected chi connectivity index (χ1v) is 8.87. The van der Waals surface area contributed by atoms with E-state index >= 15 is 0 Å². The van der Waals surface area contributed by atoms with Gasteiger partial charge in [0.25, 0.3) is 0 Å². The Morgan fingerprint density at radius 1 is 1.12 bits per heavy atom. The van der Waals surface area contributed by atoms with Crippen molar-refractivity contribution in [2.24, 2.45) is 5.92 Å². The van der Waals surface area contributed by atoms with Crippen LogP contribution >= 0.6 is 11.8 Å². The lowest BCUT2D eigenvalue weighted by Gasteiger charge is -2.06. The van der Waals surface area contributed by atoms with Crippen LogP contribution < -0.4 is 10.6 Å². The fourth-order valence-electron chi connectivity index (χ4n) is 2.03. The number of hydrogen-bond donors (Lipinski definition) is 2. The Bertz CT molecular complexity index is 748. The van der Waals surface area contributed by atoms with E-state index in [1.165, 1.54) is 23.9 Å². The molecule has 25 heavy (non-hydrogen) atoms. The van der Waals surface area contributed by atoms with Crippen molar-refractivity contribution < 1.29 is 14.0 Å². The van der Waals surface area contributed by atoms with Gasteiger partial charge in [-0.3, -0.25) is 9.59 Å². The molecule has 0 radical (unpaired) electrons. The predicted molar refractivity (Wildman–Crippen MR) is 92.4 cm³/mol. The second-order valence-corrected chi connectivity index (χ2v) is 6.71. The van der Waals surface area contributed by atoms with Gasteiger partial charge in [-0.25, -0.2) is 4.39 Å². The number of thioether (sulfide) groups is 1. The lowest BCUT2D eigenvalue weighted by molar-refractivity contribution is -0.119. The number of amides is 2. The van der Waals surface area contributed by atoms with Gasteiger partial charge in [-0.05, 0) is 42.7 Å². The maximum Gasteiger partial charge on any atom is 0.230 e. The fraction of sp³-hybridized carbons (Fsp3) is 0.294. The molecule has 6 nitrogen and oxygen atoms in total. The molecule has 2 aromatic rings. The Balaban J connectivity index is 1.40. The van der Waals surface area contributed by atoms with E-state index in [-0.39, 0.29) is 29.3 Å². The van der Waals surface area contributed by atoms with Crippen molar-refractivity contribution in [2.75, 3.05) is 11.1 Å². The number of nitrogens with zero attached hydrogens (tertiary/aromatic N) is 2. The third-order valence-electron chi connectivity index (χ3n) is 3.59. The normalized spacial score (nSPS) is 13.3. The average Bonchev–Trinajstić information content (AvgIpc) is 3.46. The van der Waals surface area contributed by atoms with Crippen LogP contribution in [0.4, 0.5) is 10.2 Å². The first-order chi connectivity index (χ1) is 12.1. The molecular weight excluding hydrogens is 343 g/mol. The zero-order valence-electron chi connectivity index (χ0n) is 13.4. The van der Waals surface area contributed by atoms with Gasteiger partial charge in [-0.15, -0.1) is 10.2 Å². The van der Waals surface area contributed by atoms with Gasteiger partial charge in [-0.2, -0.15) is 0 Å². The highest BCUT2D eigenvalue weighted by molar-refractivity contribution is 7.99. The molecule has 0 aliphatic heterocycles. The van der Waals surface area contributed by atoms with Gasteiger partial charge in [0.2, 0.25) is 11.8 Å². The molecule has 1 saturated carbocycles. The van der Waals surface area contributed by atoms with E-state index in [2.05, 4.69) is 20.8 Å². The standard InChI is InChI=1S/C17H17FN4O2S/c18-13-5-1-11(2-6-13)9-19-15(23)10-25-16-8-7-14(21-22-16)20-17(24)12-3-4-12/h1-2,5-8,12H,3-4,9-10H2,(H,19,23)(H,20,21,24). The molecule has 8 heteroatoms. The van der Waals surface area contributed by atoms with Gasteiger partial charge in [-0.1, -0.05) is 23.9 Å². The third kappa shape index (κ3) is 5.53. The molecule has 2 N–H and O–H groups in total. The predicted octanol–water partition coefficient (Wildman–Crippen LogP) is 2.37. The maximum atomic E-state index is 12.8. The average molecular weight is 360 g/mol. The van der Waals surface area contributed by atoms with Crippen LogP contribution in [0.3, 0.4) is 0 Å². The quantitative estimate of drug-likeness (QED) is 0.741. The third-order valence-corrected chi connectivity index (χ3v) is 4.51. The Hall–Kier alpha value is -2.48. The zero-order valence-corrected chi connectivity index (χ0v) is 14.2. The van der Waals surface area contributed by atoms with E-state index in [1.54, 1.807) is 24.3 Å². The van der Waals surface area contributed by atoms with Gasteiger partial charge in [0, 0.05) is 12.5 Å². The number of halogens is 1. The van der Waals surface area contributed by atoms with Crippen LogP contribution in [0.25, 0.3) is 0 Å². The van der Waals surface area contributed by atoms with Crippen LogP contribution in [0.5, 0.6) is 0 Å². The summed E-state index contributed by atoms with van der Waals surface area (Å²) in [5.41, 5.74) is 0.829. The van der Waals surface area contributed by atoms with Gasteiger partial charge < -0.3 is 10.6 Å². The van der Waals surface area contributed by atoms with Crippen LogP contribution in [0, 0.1) is 11.7 Å². The first kappa shape index (κ1) is 17.3. The molecule has 1 fully saturated rings. The van der Waals surface area contributed by atoms with E-state index in [9.17, 15) is 14.0 Å². The summed E-state index contributed by atoms with van der Waals surface area (Å²) < 4.78 is 12.8. The largest absolute Gasteiger partial charge is 0.351 e. The van der Waals surface area contributed by atoms with E-state index in [1.807, 2.05) is 0 Å². The topological polar surface area (TPSA) is 84.0 Å². The van der Waals surface area contributed by atoms with Crippen LogP contribution in [0.1, 0.15) is 18.4 Å². The summed E-state index contributed by atoms with van der Waals surface area (Å²) in [5.74, 6) is 0.254. The van der Waals surface area contributed by atoms with Crippen LogP contribution in [0.2, 0.25) is 0 Å². The number of aromatic nitrogens is 2. The Kier molecular flexibility index (Phi) is 5.60. The Morgan fingerprint density at radius 3 is 2.52 bits per heavy atom. The lowest BCUT2D eigenvalue weighted by Crippen LogP contribution is -2.24. The summed E-state index contributed by atoms with van der Waals surface area (Å²) in [6.45, 7) is 0.345. The first-order valence-electron chi connectivity index (χ1n) is 7.89. The van der Waals surface area contributed by atoms with Crippen molar-refractivity contribution in [2.45, 2.75) is 24.4 Å². The number of carbonyl (C=O) groups excluding carboxylic acids is 2. The van der Waals surface area contributed by atoms with Crippen molar-refractivity contribution in [3.63, 3.8) is 0 Å². The minimum atomic E-state index is -0.305. The zero-order chi connectivity index (χ0) is 17.6. The fourth-order valence-corrected chi connectivity index (χ4v) is 2.67. The summed E-state index contributed by atoms with van der Waals surface area (Å²) in [5, 5.41) is 14.0. The second-order valence-electron chi connectivity index (χ2n) is 5.71. The molecule has 0 unspecified atom stereocenters. The minimum Gasteiger partial charge on any atom is -0.351 e. The van der Waals surface area contributed by atoms with E-state index < -0.39 is 0 Å². The molecule has 0 spiro atoms. The highest BCUT2D eigenvalue weighted by atomic mass is 32.2. The lowest BCUT2D eigenvalue weighted by atomic mass is 10.2. The molecule has 0 atom stereocenters. The molecule has 1 aliphatic rings. The molecule has 1 heterocycles. The van der Waals surface area contributed by atoms with Crippen molar-refractivity contribution in [1.29, 1.82) is 0 Å². The molecule has 0 bridgehead atoms. The summed E-state index contributed by atoms with van der Waals surface area (Å²) in [6.07, 6.45) is 1.86. The SMILES string of the molecule is O=C(CSc1ccc(NC(=O)C2CC2)nn1)NCc1ccc(F)cc1. The molecule has 1 aliphatic carbocycles. The number of hydrogen-bond acceptors (Lipinski definition) is 5. The Labute approximate surface area is 148 Å². The van der Waals surface area contributed by atoms with E-state index in [0.717, 1.165) is 18.4 Å². The molecule has 1 aromatic carbocycles. The number of anilines is 1. The molecule has 130 valence electrons. The van der Waals surface area contributed by atoms with E-state index in [4.69, 9.17) is 0 Å². The molecular formula is C17H17FN4O2S. The highest BCUT2D eigenvalue weighted by Gasteiger charge is 2.29. The van der Waals surface area contributed by atoms with Crippen LogP contribution in [-0.2, 0) is 16.1 Å². The van der Waals surface area contributed by atoms with E-state index in [0.29, 0.717) is 17.4 Å². The number of benzene rings is 1. The van der Waals surface area contributed by atoms with Crippen molar-refractivity contribution in [3.8, 4) is 0 Å². The number of rotatable bonds is 7. The summed E-state index contributed by atoms with van der Waals surface area (Å²) in [4.78, 5) is 23.5. The number of nitrogens with one attached hydrogen (secondary N) is 2. The molecule has 2 amide bonds. The van der Waals surface area contributed by atoms with Gasteiger partial charge in [0.1, 0.15) is 10.8 Å². The minimum absolute atomic E-state index is 0.0186. The molecule has 3 rings (SSSR count). The van der Waals surface area contributed by atoms with Crippen LogP contribution in [-0.4, -0.2) is 27.8 Å². The summed E-state index contributed by atoms with van der Waals surface area (Å²) in [6, 6.07) is 9.36. The molecule has 0 saturated heterocycles. The van der Waals surface area contributed by atoms with Crippen molar-refractivity contribution in [3.05, 3.63) is 47.8 Å². The smallest absolute Gasteiger partial charge is 0.230 e. The van der Waals surface area contributed by atoms with Gasteiger partial charge in [0.05, 0.1) is 5.75 Å². The van der Waals surface area contributed by atoms with Gasteiger partial charge in [0.15, 0.2) is 5.82 Å². The summed E-state index contributed by atoms with van der Waals surface area (Å²) in [7, 11) is 0. The molecule has 1 aromatic heterocycles. The number of carbonyl (C=O) groups is 2. The van der Waals surface area contributed by atoms with Crippen molar-refractivity contribution >= 4 is 29.4 Å². The van der Waals surface area contributed by atoms with Crippen molar-refractivity contribution in [1.82, 2.24) is 15.5 Å².